The van der Waals surface area contributed by atoms with E-state index in [2.05, 4.69) is 16.0 Å². The predicted molar refractivity (Wildman–Crippen MR) is 99.9 cm³/mol. The highest BCUT2D eigenvalue weighted by Gasteiger charge is 2.18. The van der Waals surface area contributed by atoms with Crippen LogP contribution in [-0.2, 0) is 0 Å². The van der Waals surface area contributed by atoms with Crippen molar-refractivity contribution in [2.45, 2.75) is 6.92 Å². The second-order valence-electron chi connectivity index (χ2n) is 5.81. The normalized spacial score (nSPS) is 12.9. The van der Waals surface area contributed by atoms with E-state index in [1.165, 1.54) is 0 Å². The summed E-state index contributed by atoms with van der Waals surface area (Å²) in [4.78, 5) is 7.67. The summed E-state index contributed by atoms with van der Waals surface area (Å²) in [5.74, 6) is 3.06. The Bertz CT molecular complexity index is 1080. The van der Waals surface area contributed by atoms with E-state index < -0.39 is 0 Å². The number of fused-ring (bicyclic) bond motifs is 2. The molecule has 2 aromatic carbocycles. The molecule has 0 fully saturated rings. The number of hydrogen-bond donors (Lipinski definition) is 1. The summed E-state index contributed by atoms with van der Waals surface area (Å²) in [7, 11) is 1.61. The lowest BCUT2D eigenvalue weighted by Gasteiger charge is -2.09. The first-order valence-corrected chi connectivity index (χ1v) is 8.44. The third-order valence-corrected chi connectivity index (χ3v) is 4.17. The monoisotopic (exact) mass is 363 g/mol. The van der Waals surface area contributed by atoms with Crippen LogP contribution in [0.1, 0.15) is 18.3 Å². The molecular weight excluding hydrogens is 346 g/mol. The molecule has 0 bridgehead atoms. The van der Waals surface area contributed by atoms with Crippen LogP contribution in [0.2, 0.25) is 0 Å². The SMILES string of the molecule is CCOc1cc2c(cc1/C=C(/C#N)c1nc3ccc(OC)cc3[nH]1)OCO2. The average Bonchev–Trinajstić information content (AvgIpc) is 3.31. The van der Waals surface area contributed by atoms with Crippen molar-refractivity contribution >= 4 is 22.7 Å². The first-order chi connectivity index (χ1) is 13.2. The van der Waals surface area contributed by atoms with E-state index in [4.69, 9.17) is 18.9 Å². The van der Waals surface area contributed by atoms with Gasteiger partial charge in [0.1, 0.15) is 23.4 Å². The molecule has 0 amide bonds. The van der Waals surface area contributed by atoms with E-state index in [1.54, 1.807) is 25.3 Å². The van der Waals surface area contributed by atoms with Crippen LogP contribution in [0, 0.1) is 11.3 Å². The first kappa shape index (κ1) is 16.8. The third-order valence-electron chi connectivity index (χ3n) is 4.17. The van der Waals surface area contributed by atoms with Gasteiger partial charge in [0.2, 0.25) is 6.79 Å². The van der Waals surface area contributed by atoms with Gasteiger partial charge in [-0.05, 0) is 31.2 Å². The Hall–Kier alpha value is -3.66. The molecule has 0 aliphatic carbocycles. The lowest BCUT2D eigenvalue weighted by atomic mass is 10.1. The zero-order chi connectivity index (χ0) is 18.8. The lowest BCUT2D eigenvalue weighted by molar-refractivity contribution is 0.174. The molecule has 0 saturated carbocycles. The summed E-state index contributed by atoms with van der Waals surface area (Å²) in [5, 5.41) is 9.68. The molecule has 0 spiro atoms. The van der Waals surface area contributed by atoms with Crippen LogP contribution in [-0.4, -0.2) is 30.5 Å². The van der Waals surface area contributed by atoms with Crippen molar-refractivity contribution in [2.24, 2.45) is 0 Å². The molecular formula is C20H17N3O4. The number of benzene rings is 2. The first-order valence-electron chi connectivity index (χ1n) is 8.44. The van der Waals surface area contributed by atoms with Gasteiger partial charge in [-0.1, -0.05) is 0 Å². The number of nitriles is 1. The Balaban J connectivity index is 1.79. The van der Waals surface area contributed by atoms with Crippen molar-refractivity contribution in [3.8, 4) is 29.1 Å². The molecule has 1 aliphatic heterocycles. The van der Waals surface area contributed by atoms with E-state index in [-0.39, 0.29) is 6.79 Å². The highest BCUT2D eigenvalue weighted by molar-refractivity contribution is 5.91. The van der Waals surface area contributed by atoms with Crippen LogP contribution < -0.4 is 18.9 Å². The molecule has 1 aromatic heterocycles. The summed E-state index contributed by atoms with van der Waals surface area (Å²) in [5.41, 5.74) is 2.64. The fraction of sp³-hybridized carbons (Fsp3) is 0.200. The molecule has 0 unspecified atom stereocenters. The average molecular weight is 363 g/mol. The van der Waals surface area contributed by atoms with Crippen LogP contribution in [0.3, 0.4) is 0 Å². The number of aromatic amines is 1. The van der Waals surface area contributed by atoms with Crippen molar-refractivity contribution in [3.05, 3.63) is 41.7 Å². The fourth-order valence-corrected chi connectivity index (χ4v) is 2.88. The maximum Gasteiger partial charge on any atom is 0.231 e. The number of rotatable bonds is 5. The molecule has 136 valence electrons. The van der Waals surface area contributed by atoms with Crippen molar-refractivity contribution < 1.29 is 18.9 Å². The van der Waals surface area contributed by atoms with Crippen molar-refractivity contribution in [3.63, 3.8) is 0 Å². The molecule has 7 nitrogen and oxygen atoms in total. The largest absolute Gasteiger partial charge is 0.497 e. The van der Waals surface area contributed by atoms with E-state index in [9.17, 15) is 5.26 Å². The Morgan fingerprint density at radius 1 is 1.30 bits per heavy atom. The van der Waals surface area contributed by atoms with Crippen molar-refractivity contribution in [1.29, 1.82) is 5.26 Å². The number of allylic oxidation sites excluding steroid dienone is 1. The molecule has 27 heavy (non-hydrogen) atoms. The molecule has 1 aliphatic rings. The van der Waals surface area contributed by atoms with E-state index in [0.717, 1.165) is 22.3 Å². The van der Waals surface area contributed by atoms with E-state index in [1.807, 2.05) is 25.1 Å². The number of H-pyrrole nitrogens is 1. The maximum atomic E-state index is 9.68. The van der Waals surface area contributed by atoms with Gasteiger partial charge >= 0.3 is 0 Å². The van der Waals surface area contributed by atoms with Crippen molar-refractivity contribution in [2.75, 3.05) is 20.5 Å². The third kappa shape index (κ3) is 3.13. The van der Waals surface area contributed by atoms with Gasteiger partial charge in [0.15, 0.2) is 11.5 Å². The van der Waals surface area contributed by atoms with Gasteiger partial charge in [0.05, 0.1) is 30.3 Å². The van der Waals surface area contributed by atoms with E-state index in [0.29, 0.717) is 35.3 Å². The molecule has 0 saturated heterocycles. The number of aromatic nitrogens is 2. The summed E-state index contributed by atoms with van der Waals surface area (Å²) in [6.07, 6.45) is 1.72. The van der Waals surface area contributed by atoms with Gasteiger partial charge in [-0.25, -0.2) is 4.98 Å². The highest BCUT2D eigenvalue weighted by atomic mass is 16.7. The molecule has 7 heteroatoms. The second kappa shape index (κ2) is 6.92. The smallest absolute Gasteiger partial charge is 0.231 e. The Labute approximate surface area is 155 Å². The van der Waals surface area contributed by atoms with Gasteiger partial charge in [0.25, 0.3) is 0 Å². The zero-order valence-electron chi connectivity index (χ0n) is 14.9. The molecule has 1 N–H and O–H groups in total. The second-order valence-corrected chi connectivity index (χ2v) is 5.81. The summed E-state index contributed by atoms with van der Waals surface area (Å²) >= 11 is 0. The van der Waals surface area contributed by atoms with E-state index >= 15 is 0 Å². The zero-order valence-corrected chi connectivity index (χ0v) is 14.9. The van der Waals surface area contributed by atoms with Gasteiger partial charge in [-0.15, -0.1) is 0 Å². The fourth-order valence-electron chi connectivity index (χ4n) is 2.88. The number of nitrogens with zero attached hydrogens (tertiary/aromatic N) is 2. The summed E-state index contributed by atoms with van der Waals surface area (Å²) in [6, 6.07) is 11.3. The lowest BCUT2D eigenvalue weighted by Crippen LogP contribution is -1.95. The minimum Gasteiger partial charge on any atom is -0.497 e. The molecule has 4 rings (SSSR count). The van der Waals surface area contributed by atoms with Crippen LogP contribution in [0.4, 0.5) is 0 Å². The number of methoxy groups -OCH3 is 1. The molecule has 3 aromatic rings. The Kier molecular flexibility index (Phi) is 4.30. The van der Waals surface area contributed by atoms with Crippen LogP contribution in [0.25, 0.3) is 22.7 Å². The van der Waals surface area contributed by atoms with Crippen LogP contribution in [0.5, 0.6) is 23.0 Å². The summed E-state index contributed by atoms with van der Waals surface area (Å²) < 4.78 is 21.8. The number of imidazole rings is 1. The van der Waals surface area contributed by atoms with Gasteiger partial charge in [0, 0.05) is 17.7 Å². The molecule has 2 heterocycles. The quantitative estimate of drug-likeness (QED) is 0.694. The Morgan fingerprint density at radius 2 is 2.11 bits per heavy atom. The minimum atomic E-state index is 0.171. The minimum absolute atomic E-state index is 0.171. The van der Waals surface area contributed by atoms with Gasteiger partial charge < -0.3 is 23.9 Å². The number of nitrogens with one attached hydrogen (secondary N) is 1. The van der Waals surface area contributed by atoms with Gasteiger partial charge in [-0.3, -0.25) is 0 Å². The molecule has 0 atom stereocenters. The highest BCUT2D eigenvalue weighted by Crippen LogP contribution is 2.39. The predicted octanol–water partition coefficient (Wildman–Crippen LogP) is 3.76. The number of ether oxygens (including phenoxy) is 4. The van der Waals surface area contributed by atoms with Crippen LogP contribution >= 0.6 is 0 Å². The topological polar surface area (TPSA) is 89.4 Å². The molecule has 0 radical (unpaired) electrons. The number of hydrogen-bond acceptors (Lipinski definition) is 6. The van der Waals surface area contributed by atoms with Gasteiger partial charge in [-0.2, -0.15) is 5.26 Å². The van der Waals surface area contributed by atoms with Crippen LogP contribution in [0.15, 0.2) is 30.3 Å². The maximum absolute atomic E-state index is 9.68. The summed E-state index contributed by atoms with van der Waals surface area (Å²) in [6.45, 7) is 2.56. The standard InChI is InChI=1S/C20H17N3O4/c1-3-25-17-9-19-18(26-11-27-19)7-12(17)6-13(10-21)20-22-15-5-4-14(24-2)8-16(15)23-20/h4-9H,3,11H2,1-2H3,(H,22,23)/b13-6-. The Morgan fingerprint density at radius 3 is 2.85 bits per heavy atom. The van der Waals surface area contributed by atoms with Crippen molar-refractivity contribution in [1.82, 2.24) is 9.97 Å².